The molecule has 5 atom stereocenters. The second-order valence-corrected chi connectivity index (χ2v) is 12.6. The summed E-state index contributed by atoms with van der Waals surface area (Å²) in [6, 6.07) is 2.43. The lowest BCUT2D eigenvalue weighted by Gasteiger charge is -2.28. The number of hydrogen-bond donors (Lipinski definition) is 4. The molecule has 0 aliphatic carbocycles. The molecule has 2 aliphatic heterocycles. The van der Waals surface area contributed by atoms with Gasteiger partial charge in [0, 0.05) is 13.1 Å². The van der Waals surface area contributed by atoms with Crippen LogP contribution < -0.4 is 21.3 Å². The number of nitrogens with zero attached hydrogens (tertiary/aromatic N) is 1. The molecular formula is C32H45F4N5O9. The van der Waals surface area contributed by atoms with E-state index in [1.54, 1.807) is 44.2 Å². The summed E-state index contributed by atoms with van der Waals surface area (Å²) in [4.78, 5) is 68.0. The van der Waals surface area contributed by atoms with Gasteiger partial charge in [-0.1, -0.05) is 44.2 Å². The lowest BCUT2D eigenvalue weighted by molar-refractivity contribution is -0.154. The molecule has 2 fully saturated rings. The number of carbonyl (C=O) groups excluding carboxylic acids is 5. The molecule has 0 saturated carbocycles. The zero-order valence-electron chi connectivity index (χ0n) is 28.1. The van der Waals surface area contributed by atoms with E-state index in [4.69, 9.17) is 9.47 Å². The molecule has 2 heterocycles. The highest BCUT2D eigenvalue weighted by Crippen LogP contribution is 2.29. The van der Waals surface area contributed by atoms with Gasteiger partial charge in [0.15, 0.2) is 5.78 Å². The van der Waals surface area contributed by atoms with Gasteiger partial charge in [0.25, 0.3) is 0 Å². The Morgan fingerprint density at radius 2 is 1.30 bits per heavy atom. The van der Waals surface area contributed by atoms with Crippen molar-refractivity contribution in [1.29, 1.82) is 0 Å². The van der Waals surface area contributed by atoms with Gasteiger partial charge in [-0.3, -0.25) is 28.9 Å². The monoisotopic (exact) mass is 719 g/mol. The van der Waals surface area contributed by atoms with Gasteiger partial charge in [-0.25, -0.2) is 0 Å². The number of ketones is 1. The molecule has 1 aromatic rings. The van der Waals surface area contributed by atoms with Gasteiger partial charge in [-0.05, 0) is 31.2 Å². The molecule has 2 saturated heterocycles. The highest BCUT2D eigenvalue weighted by atomic mass is 19.3. The number of nitrogens with one attached hydrogen (secondary N) is 4. The van der Waals surface area contributed by atoms with E-state index in [1.807, 2.05) is 4.90 Å². The predicted octanol–water partition coefficient (Wildman–Crippen LogP) is 0.383. The summed E-state index contributed by atoms with van der Waals surface area (Å²) in [6.45, 7) is -1.90. The van der Waals surface area contributed by atoms with Crippen LogP contribution in [0.2, 0.25) is 0 Å². The Hall–Kier alpha value is -3.71. The van der Waals surface area contributed by atoms with Crippen molar-refractivity contribution >= 4 is 29.4 Å². The first-order valence-electron chi connectivity index (χ1n) is 16.2. The molecule has 4 amide bonds. The van der Waals surface area contributed by atoms with E-state index in [1.165, 1.54) is 6.92 Å². The second kappa shape index (κ2) is 19.6. The van der Waals surface area contributed by atoms with Crippen LogP contribution >= 0.6 is 0 Å². The number of carbonyl (C=O) groups is 5. The number of benzene rings is 1. The fourth-order valence-electron chi connectivity index (χ4n) is 5.10. The van der Waals surface area contributed by atoms with E-state index in [9.17, 15) is 41.5 Å². The van der Waals surface area contributed by atoms with Gasteiger partial charge < -0.3 is 40.2 Å². The Balaban J connectivity index is 1.76. The van der Waals surface area contributed by atoms with Crippen LogP contribution in [0.5, 0.6) is 0 Å². The fraction of sp³-hybridized carbons (Fsp3) is 0.656. The number of rotatable bonds is 21. The maximum atomic E-state index is 13.4. The largest absolute Gasteiger partial charge is 0.379 e. The van der Waals surface area contributed by atoms with Crippen LogP contribution in [0.3, 0.4) is 0 Å². The maximum absolute atomic E-state index is 13.4. The summed E-state index contributed by atoms with van der Waals surface area (Å²) < 4.78 is 71.4. The second-order valence-electron chi connectivity index (χ2n) is 12.6. The number of epoxide rings is 1. The number of alkyl halides is 4. The van der Waals surface area contributed by atoms with Crippen LogP contribution in [0, 0.1) is 5.92 Å². The van der Waals surface area contributed by atoms with Crippen molar-refractivity contribution in [1.82, 2.24) is 26.2 Å². The minimum absolute atomic E-state index is 0.00383. The molecule has 50 heavy (non-hydrogen) atoms. The Kier molecular flexibility index (Phi) is 16.0. The van der Waals surface area contributed by atoms with Gasteiger partial charge >= 0.3 is 13.2 Å². The lowest BCUT2D eigenvalue weighted by atomic mass is 9.94. The van der Waals surface area contributed by atoms with Crippen LogP contribution in [0.25, 0.3) is 0 Å². The average Bonchev–Trinajstić information content (AvgIpc) is 3.82. The van der Waals surface area contributed by atoms with Crippen molar-refractivity contribution in [2.24, 2.45) is 5.92 Å². The molecule has 0 unspecified atom stereocenters. The number of morpholine rings is 1. The molecule has 14 nitrogen and oxygen atoms in total. The van der Waals surface area contributed by atoms with Crippen molar-refractivity contribution < 1.29 is 60.5 Å². The van der Waals surface area contributed by atoms with Crippen molar-refractivity contribution in [3.05, 3.63) is 35.9 Å². The van der Waals surface area contributed by atoms with Crippen LogP contribution in [0.15, 0.2) is 30.3 Å². The Bertz CT molecular complexity index is 1280. The SMILES string of the molecule is CC(C)C[C@H](NC(=O)CN1CCOCC1)C(=O)N[C@@H](COC(F)F)C(=O)N[C@@H](COC(F)F)C(=O)N[C@@H](Cc1ccccc1)C(=O)[C@@]1(C)CO1. The highest BCUT2D eigenvalue weighted by molar-refractivity contribution is 5.99. The van der Waals surface area contributed by atoms with Crippen molar-refractivity contribution in [2.45, 2.75) is 76.6 Å². The summed E-state index contributed by atoms with van der Waals surface area (Å²) in [5.41, 5.74) is -0.531. The van der Waals surface area contributed by atoms with Gasteiger partial charge in [-0.2, -0.15) is 17.6 Å². The normalized spacial score (nSPS) is 20.1. The third kappa shape index (κ3) is 13.9. The molecular weight excluding hydrogens is 674 g/mol. The molecule has 280 valence electrons. The molecule has 4 N–H and O–H groups in total. The topological polar surface area (TPSA) is 177 Å². The van der Waals surface area contributed by atoms with Crippen LogP contribution in [0.1, 0.15) is 32.8 Å². The highest BCUT2D eigenvalue weighted by Gasteiger charge is 2.50. The number of hydrogen-bond acceptors (Lipinski definition) is 10. The minimum Gasteiger partial charge on any atom is -0.379 e. The summed E-state index contributed by atoms with van der Waals surface area (Å²) in [5, 5.41) is 9.47. The minimum atomic E-state index is -3.36. The fourth-order valence-corrected chi connectivity index (χ4v) is 5.10. The van der Waals surface area contributed by atoms with Gasteiger partial charge in [0.05, 0.1) is 45.6 Å². The van der Waals surface area contributed by atoms with Gasteiger partial charge in [0.1, 0.15) is 23.7 Å². The molecule has 0 bridgehead atoms. The van der Waals surface area contributed by atoms with Crippen LogP contribution in [-0.4, -0.2) is 130 Å². The van der Waals surface area contributed by atoms with E-state index in [2.05, 4.69) is 30.7 Å². The van der Waals surface area contributed by atoms with E-state index in [-0.39, 0.29) is 31.9 Å². The molecule has 0 aromatic heterocycles. The average molecular weight is 720 g/mol. The smallest absolute Gasteiger partial charge is 0.345 e. The number of Topliss-reactive ketones (excluding diaryl/α,β-unsaturated/α-hetero) is 1. The summed E-state index contributed by atoms with van der Waals surface area (Å²) in [5.74, 6) is -4.41. The first-order chi connectivity index (χ1) is 23.7. The van der Waals surface area contributed by atoms with Gasteiger partial charge in [0.2, 0.25) is 23.6 Å². The van der Waals surface area contributed by atoms with E-state index < -0.39 is 85.6 Å². The Morgan fingerprint density at radius 3 is 1.78 bits per heavy atom. The Labute approximate surface area is 287 Å². The zero-order chi connectivity index (χ0) is 36.8. The lowest BCUT2D eigenvalue weighted by Crippen LogP contribution is -2.60. The van der Waals surface area contributed by atoms with Gasteiger partial charge in [-0.15, -0.1) is 0 Å². The van der Waals surface area contributed by atoms with E-state index >= 15 is 0 Å². The maximum Gasteiger partial charge on any atom is 0.345 e. The van der Waals surface area contributed by atoms with Crippen LogP contribution in [0.4, 0.5) is 17.6 Å². The summed E-state index contributed by atoms with van der Waals surface area (Å²) in [7, 11) is 0. The quantitative estimate of drug-likeness (QED) is 0.103. The third-order valence-electron chi connectivity index (χ3n) is 7.89. The Morgan fingerprint density at radius 1 is 0.800 bits per heavy atom. The summed E-state index contributed by atoms with van der Waals surface area (Å²) >= 11 is 0. The van der Waals surface area contributed by atoms with E-state index in [0.29, 0.717) is 31.9 Å². The molecule has 0 radical (unpaired) electrons. The first-order valence-corrected chi connectivity index (χ1v) is 16.2. The molecule has 1 aromatic carbocycles. The summed E-state index contributed by atoms with van der Waals surface area (Å²) in [6.07, 6.45) is 0.105. The molecule has 0 spiro atoms. The standard InChI is InChI=1S/C32H45F4N5O9/c1-19(2)13-22(37-25(42)15-41-9-11-47-12-10-41)27(44)39-24(17-49-31(35)36)29(46)40-23(16-48-30(33)34)28(45)38-21(26(43)32(3)18-50-32)14-20-7-5-4-6-8-20/h4-8,19,21-24,30-31H,9-18H2,1-3H3,(H,37,42)(H,38,45)(H,39,44)(H,40,46)/t21-,22-,23-,24-,32+/m0/s1. The van der Waals surface area contributed by atoms with E-state index in [0.717, 1.165) is 0 Å². The molecule has 18 heteroatoms. The first kappa shape index (κ1) is 40.7. The number of halogens is 4. The number of amides is 4. The molecule has 3 rings (SSSR count). The molecule has 2 aliphatic rings. The van der Waals surface area contributed by atoms with Crippen molar-refractivity contribution in [2.75, 3.05) is 52.7 Å². The zero-order valence-corrected chi connectivity index (χ0v) is 28.1. The van der Waals surface area contributed by atoms with Crippen LogP contribution in [-0.2, 0) is 49.3 Å². The number of ether oxygens (including phenoxy) is 4. The predicted molar refractivity (Wildman–Crippen MR) is 168 cm³/mol. The van der Waals surface area contributed by atoms with Crippen molar-refractivity contribution in [3.8, 4) is 0 Å². The third-order valence-corrected chi connectivity index (χ3v) is 7.89. The van der Waals surface area contributed by atoms with Crippen molar-refractivity contribution in [3.63, 3.8) is 0 Å².